The molecule has 0 atom stereocenters. The van der Waals surface area contributed by atoms with Crippen LogP contribution in [0.25, 0.3) is 10.9 Å². The Hall–Kier alpha value is -1.97. The number of fused-ring (bicyclic) bond motifs is 1. The highest BCUT2D eigenvalue weighted by atomic mass is 35.5. The molecule has 3 rings (SSSR count). The van der Waals surface area contributed by atoms with Crippen molar-refractivity contribution in [2.24, 2.45) is 0 Å². The number of H-pyrrole nitrogens is 1. The normalized spacial score (nSPS) is 10.8. The van der Waals surface area contributed by atoms with Crippen molar-refractivity contribution in [3.63, 3.8) is 0 Å². The minimum absolute atomic E-state index is 0.0885. The monoisotopic (exact) mass is 332 g/mol. The zero-order valence-electron chi connectivity index (χ0n) is 11.7. The van der Waals surface area contributed by atoms with Gasteiger partial charge in [-0.1, -0.05) is 47.5 Å². The molecule has 0 aliphatic heterocycles. The van der Waals surface area contributed by atoms with Gasteiger partial charge in [0.2, 0.25) is 5.91 Å². The Morgan fingerprint density at radius 3 is 2.77 bits per heavy atom. The number of hydrogen-bond acceptors (Lipinski definition) is 1. The van der Waals surface area contributed by atoms with Crippen molar-refractivity contribution in [3.05, 3.63) is 64.3 Å². The number of aromatic amines is 1. The van der Waals surface area contributed by atoms with Crippen molar-refractivity contribution in [2.45, 2.75) is 12.8 Å². The fourth-order valence-corrected chi connectivity index (χ4v) is 2.75. The number of halogens is 2. The standard InChI is InChI=1S/C17H14Cl2N2O/c18-13-5-3-7-15(17(13)19)21-16(22)9-8-11-10-20-14-6-2-1-4-12(11)14/h1-7,10,20H,8-9H2,(H,21,22). The minimum atomic E-state index is -0.0885. The van der Waals surface area contributed by atoms with E-state index in [0.717, 1.165) is 16.5 Å². The Morgan fingerprint density at radius 2 is 1.91 bits per heavy atom. The Morgan fingerprint density at radius 1 is 1.09 bits per heavy atom. The third kappa shape index (κ3) is 3.11. The smallest absolute Gasteiger partial charge is 0.224 e. The maximum absolute atomic E-state index is 12.1. The average Bonchev–Trinajstić information content (AvgIpc) is 2.93. The molecule has 3 aromatic rings. The van der Waals surface area contributed by atoms with Gasteiger partial charge < -0.3 is 10.3 Å². The zero-order valence-corrected chi connectivity index (χ0v) is 13.2. The summed E-state index contributed by atoms with van der Waals surface area (Å²) >= 11 is 12.0. The van der Waals surface area contributed by atoms with Crippen LogP contribution in [-0.2, 0) is 11.2 Å². The van der Waals surface area contributed by atoms with Crippen LogP contribution in [-0.4, -0.2) is 10.9 Å². The minimum Gasteiger partial charge on any atom is -0.361 e. The van der Waals surface area contributed by atoms with Gasteiger partial charge in [0.1, 0.15) is 0 Å². The highest BCUT2D eigenvalue weighted by Crippen LogP contribution is 2.29. The SMILES string of the molecule is O=C(CCc1c[nH]c2ccccc12)Nc1cccc(Cl)c1Cl. The molecule has 1 heterocycles. The summed E-state index contributed by atoms with van der Waals surface area (Å²) in [5.41, 5.74) is 2.75. The van der Waals surface area contributed by atoms with Gasteiger partial charge in [0.05, 0.1) is 15.7 Å². The van der Waals surface area contributed by atoms with Gasteiger partial charge in [-0.15, -0.1) is 0 Å². The topological polar surface area (TPSA) is 44.9 Å². The highest BCUT2D eigenvalue weighted by Gasteiger charge is 2.10. The molecule has 0 unspecified atom stereocenters. The first-order valence-electron chi connectivity index (χ1n) is 6.94. The van der Waals surface area contributed by atoms with E-state index < -0.39 is 0 Å². The largest absolute Gasteiger partial charge is 0.361 e. The molecule has 112 valence electrons. The third-order valence-electron chi connectivity index (χ3n) is 3.52. The first-order chi connectivity index (χ1) is 10.6. The van der Waals surface area contributed by atoms with Crippen LogP contribution in [0, 0.1) is 0 Å². The predicted molar refractivity (Wildman–Crippen MR) is 91.7 cm³/mol. The summed E-state index contributed by atoms with van der Waals surface area (Å²) in [6.07, 6.45) is 2.99. The fourth-order valence-electron chi connectivity index (χ4n) is 2.40. The van der Waals surface area contributed by atoms with Crippen molar-refractivity contribution in [1.82, 2.24) is 4.98 Å². The summed E-state index contributed by atoms with van der Waals surface area (Å²) in [5.74, 6) is -0.0885. The summed E-state index contributed by atoms with van der Waals surface area (Å²) in [4.78, 5) is 15.3. The van der Waals surface area contributed by atoms with Crippen LogP contribution in [0.4, 0.5) is 5.69 Å². The molecule has 0 aliphatic carbocycles. The summed E-state index contributed by atoms with van der Waals surface area (Å²) in [7, 11) is 0. The van der Waals surface area contributed by atoms with Crippen molar-refractivity contribution >= 4 is 45.7 Å². The number of rotatable bonds is 4. The molecule has 5 heteroatoms. The molecule has 2 N–H and O–H groups in total. The molecular weight excluding hydrogens is 319 g/mol. The van der Waals surface area contributed by atoms with Gasteiger partial charge in [-0.05, 0) is 30.2 Å². The Kier molecular flexibility index (Phi) is 4.36. The van der Waals surface area contributed by atoms with E-state index in [1.54, 1.807) is 18.2 Å². The van der Waals surface area contributed by atoms with Crippen molar-refractivity contribution in [3.8, 4) is 0 Å². The van der Waals surface area contributed by atoms with Gasteiger partial charge in [-0.3, -0.25) is 4.79 Å². The van der Waals surface area contributed by atoms with Gasteiger partial charge in [0.15, 0.2) is 0 Å². The molecule has 0 bridgehead atoms. The number of amides is 1. The molecule has 0 fully saturated rings. The molecule has 0 aliphatic rings. The molecule has 0 saturated carbocycles. The van der Waals surface area contributed by atoms with Crippen LogP contribution in [0.1, 0.15) is 12.0 Å². The van der Waals surface area contributed by atoms with Gasteiger partial charge in [0, 0.05) is 23.5 Å². The summed E-state index contributed by atoms with van der Waals surface area (Å²) in [5, 5.41) is 4.74. The van der Waals surface area contributed by atoms with E-state index >= 15 is 0 Å². The van der Waals surface area contributed by atoms with E-state index in [-0.39, 0.29) is 5.91 Å². The van der Waals surface area contributed by atoms with E-state index in [0.29, 0.717) is 28.6 Å². The third-order valence-corrected chi connectivity index (χ3v) is 4.34. The lowest BCUT2D eigenvalue weighted by molar-refractivity contribution is -0.116. The van der Waals surface area contributed by atoms with Crippen molar-refractivity contribution in [1.29, 1.82) is 0 Å². The second-order valence-electron chi connectivity index (χ2n) is 5.01. The van der Waals surface area contributed by atoms with E-state index in [2.05, 4.69) is 10.3 Å². The number of benzene rings is 2. The number of carbonyl (C=O) groups is 1. The first-order valence-corrected chi connectivity index (χ1v) is 7.69. The first kappa shape index (κ1) is 14.9. The van der Waals surface area contributed by atoms with Crippen LogP contribution < -0.4 is 5.32 Å². The average molecular weight is 333 g/mol. The number of nitrogens with one attached hydrogen (secondary N) is 2. The van der Waals surface area contributed by atoms with Crippen molar-refractivity contribution < 1.29 is 4.79 Å². The lowest BCUT2D eigenvalue weighted by Gasteiger charge is -2.08. The second-order valence-corrected chi connectivity index (χ2v) is 5.79. The van der Waals surface area contributed by atoms with Gasteiger partial charge >= 0.3 is 0 Å². The second kappa shape index (κ2) is 6.42. The van der Waals surface area contributed by atoms with Crippen molar-refractivity contribution in [2.75, 3.05) is 5.32 Å². The van der Waals surface area contributed by atoms with E-state index in [9.17, 15) is 4.79 Å². The number of anilines is 1. The van der Waals surface area contributed by atoms with Gasteiger partial charge in [-0.25, -0.2) is 0 Å². The quantitative estimate of drug-likeness (QED) is 0.690. The number of para-hydroxylation sites is 1. The van der Waals surface area contributed by atoms with Crippen LogP contribution >= 0.6 is 23.2 Å². The molecule has 0 spiro atoms. The molecule has 1 aromatic heterocycles. The maximum atomic E-state index is 12.1. The Bertz CT molecular complexity index is 826. The molecule has 0 saturated heterocycles. The predicted octanol–water partition coefficient (Wildman–Crippen LogP) is 5.05. The molecular formula is C17H14Cl2N2O. The molecule has 3 nitrogen and oxygen atoms in total. The van der Waals surface area contributed by atoms with Crippen LogP contribution in [0.5, 0.6) is 0 Å². The summed E-state index contributed by atoms with van der Waals surface area (Å²) in [6.45, 7) is 0. The number of hydrogen-bond donors (Lipinski definition) is 2. The molecule has 2 aromatic carbocycles. The van der Waals surface area contributed by atoms with Gasteiger partial charge in [0.25, 0.3) is 0 Å². The van der Waals surface area contributed by atoms with Crippen LogP contribution in [0.15, 0.2) is 48.7 Å². The number of aromatic nitrogens is 1. The number of aryl methyl sites for hydroxylation is 1. The van der Waals surface area contributed by atoms with Crippen LogP contribution in [0.2, 0.25) is 10.0 Å². The maximum Gasteiger partial charge on any atom is 0.224 e. The number of carbonyl (C=O) groups excluding carboxylic acids is 1. The lowest BCUT2D eigenvalue weighted by Crippen LogP contribution is -2.12. The fraction of sp³-hybridized carbons (Fsp3) is 0.118. The highest BCUT2D eigenvalue weighted by molar-refractivity contribution is 6.43. The Labute approximate surface area is 138 Å². The van der Waals surface area contributed by atoms with E-state index in [4.69, 9.17) is 23.2 Å². The van der Waals surface area contributed by atoms with Crippen LogP contribution in [0.3, 0.4) is 0 Å². The lowest BCUT2D eigenvalue weighted by atomic mass is 10.1. The summed E-state index contributed by atoms with van der Waals surface area (Å²) in [6, 6.07) is 13.2. The Balaban J connectivity index is 1.66. The zero-order chi connectivity index (χ0) is 15.5. The van der Waals surface area contributed by atoms with E-state index in [1.807, 2.05) is 30.5 Å². The van der Waals surface area contributed by atoms with E-state index in [1.165, 1.54) is 0 Å². The summed E-state index contributed by atoms with van der Waals surface area (Å²) < 4.78 is 0. The molecule has 0 radical (unpaired) electrons. The molecule has 22 heavy (non-hydrogen) atoms. The molecule has 1 amide bonds. The van der Waals surface area contributed by atoms with Gasteiger partial charge in [-0.2, -0.15) is 0 Å².